The number of amides is 1. The minimum atomic E-state index is -1.69. The summed E-state index contributed by atoms with van der Waals surface area (Å²) in [7, 11) is 0. The third-order valence-corrected chi connectivity index (χ3v) is 4.87. The summed E-state index contributed by atoms with van der Waals surface area (Å²) in [6.45, 7) is 3.82. The number of fused-ring (bicyclic) bond motifs is 2. The van der Waals surface area contributed by atoms with Crippen molar-refractivity contribution in [2.24, 2.45) is 0 Å². The van der Waals surface area contributed by atoms with Gasteiger partial charge in [-0.2, -0.15) is 0 Å². The van der Waals surface area contributed by atoms with Crippen LogP contribution in [-0.4, -0.2) is 18.4 Å². The van der Waals surface area contributed by atoms with Crippen LogP contribution in [0.25, 0.3) is 0 Å². The lowest BCUT2D eigenvalue weighted by molar-refractivity contribution is -0.157. The number of terminal acetylenes is 1. The second-order valence-electron chi connectivity index (χ2n) is 6.25. The van der Waals surface area contributed by atoms with Gasteiger partial charge in [0, 0.05) is 11.1 Å². The van der Waals surface area contributed by atoms with Crippen LogP contribution >= 0.6 is 0 Å². The Hall–Kier alpha value is -3.39. The van der Waals surface area contributed by atoms with Crippen molar-refractivity contribution in [3.63, 3.8) is 0 Å². The predicted octanol–water partition coefficient (Wildman–Crippen LogP) is 2.90. The smallest absolute Gasteiger partial charge is 0.335 e. The van der Waals surface area contributed by atoms with Crippen molar-refractivity contribution < 1.29 is 18.7 Å². The molecule has 2 aromatic carbocycles. The van der Waals surface area contributed by atoms with E-state index in [9.17, 15) is 14.0 Å². The van der Waals surface area contributed by atoms with E-state index in [4.69, 9.17) is 11.2 Å². The van der Waals surface area contributed by atoms with Gasteiger partial charge in [-0.1, -0.05) is 42.8 Å². The number of halogens is 1. The van der Waals surface area contributed by atoms with Crippen LogP contribution in [0, 0.1) is 18.2 Å². The van der Waals surface area contributed by atoms with Gasteiger partial charge in [-0.05, 0) is 23.8 Å². The molecule has 0 N–H and O–H groups in total. The molecule has 0 radical (unpaired) electrons. The largest absolute Gasteiger partial charge is 0.439 e. The predicted molar refractivity (Wildman–Crippen MR) is 93.7 cm³/mol. The Balaban J connectivity index is 2.01. The second-order valence-corrected chi connectivity index (χ2v) is 6.25. The Morgan fingerprint density at radius 2 is 1.96 bits per heavy atom. The summed E-state index contributed by atoms with van der Waals surface area (Å²) in [6.07, 6.45) is 5.40. The van der Waals surface area contributed by atoms with E-state index in [1.807, 2.05) is 6.07 Å². The lowest BCUT2D eigenvalue weighted by Crippen LogP contribution is -2.43. The summed E-state index contributed by atoms with van der Waals surface area (Å²) in [6, 6.07) is 12.9. The van der Waals surface area contributed by atoms with E-state index >= 15 is 0 Å². The van der Waals surface area contributed by atoms with Gasteiger partial charge < -0.3 is 4.74 Å². The summed E-state index contributed by atoms with van der Waals surface area (Å²) in [5.41, 5.74) is -0.114. The molecule has 0 saturated carbocycles. The van der Waals surface area contributed by atoms with Gasteiger partial charge in [0.2, 0.25) is 5.60 Å². The van der Waals surface area contributed by atoms with E-state index < -0.39 is 29.2 Å². The summed E-state index contributed by atoms with van der Waals surface area (Å²) >= 11 is 0. The van der Waals surface area contributed by atoms with E-state index in [0.717, 1.165) is 0 Å². The van der Waals surface area contributed by atoms with Gasteiger partial charge in [0.15, 0.2) is 0 Å². The van der Waals surface area contributed by atoms with Crippen molar-refractivity contribution in [3.05, 3.63) is 77.6 Å². The fourth-order valence-corrected chi connectivity index (χ4v) is 3.81. The van der Waals surface area contributed by atoms with Gasteiger partial charge >= 0.3 is 5.97 Å². The van der Waals surface area contributed by atoms with E-state index in [0.29, 0.717) is 16.8 Å². The maximum atomic E-state index is 14.0. The fraction of sp³-hybridized carbons (Fsp3) is 0.143. The molecule has 2 heterocycles. The molecule has 1 saturated heterocycles. The molecule has 1 amide bonds. The molecule has 2 aliphatic heterocycles. The molecule has 1 spiro atoms. The molecule has 2 aromatic rings. The molecule has 2 atom stereocenters. The van der Waals surface area contributed by atoms with E-state index in [-0.39, 0.29) is 12.1 Å². The molecule has 0 aliphatic carbocycles. The molecule has 4 rings (SSSR count). The van der Waals surface area contributed by atoms with Crippen molar-refractivity contribution in [2.45, 2.75) is 11.5 Å². The van der Waals surface area contributed by atoms with E-state index in [1.165, 1.54) is 23.1 Å². The van der Waals surface area contributed by atoms with Crippen molar-refractivity contribution in [1.82, 2.24) is 0 Å². The number of rotatable bonds is 2. The Labute approximate surface area is 149 Å². The molecule has 4 nitrogen and oxygen atoms in total. The summed E-state index contributed by atoms with van der Waals surface area (Å²) in [4.78, 5) is 27.1. The fourth-order valence-electron chi connectivity index (χ4n) is 3.81. The van der Waals surface area contributed by atoms with Crippen LogP contribution in [0.2, 0.25) is 0 Å². The van der Waals surface area contributed by atoms with Gasteiger partial charge in [0.25, 0.3) is 5.91 Å². The van der Waals surface area contributed by atoms with E-state index in [1.54, 1.807) is 24.3 Å². The zero-order valence-electron chi connectivity index (χ0n) is 13.7. The van der Waals surface area contributed by atoms with Crippen molar-refractivity contribution in [3.8, 4) is 12.3 Å². The number of hydrogen-bond acceptors (Lipinski definition) is 3. The Morgan fingerprint density at radius 1 is 1.23 bits per heavy atom. The van der Waals surface area contributed by atoms with Gasteiger partial charge in [-0.15, -0.1) is 6.42 Å². The van der Waals surface area contributed by atoms with Crippen molar-refractivity contribution in [1.29, 1.82) is 0 Å². The zero-order chi connectivity index (χ0) is 18.5. The standard InChI is InChI=1S/C21H14FNO3/c1-3-11-23-17-10-9-15(22)12-16(17)21(20(23)25)18(13(2)19(24)26-21)14-7-5-4-6-8-14/h1,4-10,12,18H,2,11H2/t18-,21-/m0/s1. The third kappa shape index (κ3) is 1.96. The minimum Gasteiger partial charge on any atom is -0.439 e. The number of carbonyl (C=O) groups is 2. The number of benzene rings is 2. The van der Waals surface area contributed by atoms with Crippen molar-refractivity contribution in [2.75, 3.05) is 11.4 Å². The van der Waals surface area contributed by atoms with E-state index in [2.05, 4.69) is 12.5 Å². The highest BCUT2D eigenvalue weighted by Crippen LogP contribution is 2.57. The molecular formula is C21H14FNO3. The number of anilines is 1. The lowest BCUT2D eigenvalue weighted by Gasteiger charge is -2.28. The van der Waals surface area contributed by atoms with Gasteiger partial charge in [-0.3, -0.25) is 9.69 Å². The number of ether oxygens (including phenoxy) is 1. The Bertz CT molecular complexity index is 992. The van der Waals surface area contributed by atoms with Crippen LogP contribution in [0.3, 0.4) is 0 Å². The number of hydrogen-bond donors (Lipinski definition) is 0. The normalized spacial score (nSPS) is 23.9. The summed E-state index contributed by atoms with van der Waals surface area (Å²) in [5, 5.41) is 0. The summed E-state index contributed by atoms with van der Waals surface area (Å²) in [5.74, 6) is -0.0238. The molecule has 128 valence electrons. The first-order valence-corrected chi connectivity index (χ1v) is 8.03. The number of carbonyl (C=O) groups excluding carboxylic acids is 2. The SMILES string of the molecule is C#CCN1C(=O)[C@]2(OC(=O)C(=C)[C@H]2c2ccccc2)c2cc(F)ccc21. The topological polar surface area (TPSA) is 46.6 Å². The van der Waals surface area contributed by atoms with Crippen LogP contribution in [-0.2, 0) is 19.9 Å². The molecule has 0 bridgehead atoms. The minimum absolute atomic E-state index is 0.00917. The highest BCUT2D eigenvalue weighted by atomic mass is 19.1. The number of esters is 1. The first kappa shape index (κ1) is 16.1. The van der Waals surface area contributed by atoms with Gasteiger partial charge in [0.1, 0.15) is 5.82 Å². The van der Waals surface area contributed by atoms with Crippen LogP contribution in [0.15, 0.2) is 60.7 Å². The lowest BCUT2D eigenvalue weighted by atomic mass is 9.76. The zero-order valence-corrected chi connectivity index (χ0v) is 13.7. The molecule has 1 fully saturated rings. The molecule has 5 heteroatoms. The maximum Gasteiger partial charge on any atom is 0.335 e. The first-order valence-electron chi connectivity index (χ1n) is 8.03. The van der Waals surface area contributed by atoms with Crippen LogP contribution in [0.1, 0.15) is 17.0 Å². The van der Waals surface area contributed by atoms with Crippen LogP contribution in [0.5, 0.6) is 0 Å². The number of nitrogens with zero attached hydrogens (tertiary/aromatic N) is 1. The summed E-state index contributed by atoms with van der Waals surface area (Å²) < 4.78 is 19.6. The Kier molecular flexibility index (Phi) is 3.45. The van der Waals surface area contributed by atoms with Gasteiger partial charge in [0.05, 0.1) is 18.2 Å². The first-order chi connectivity index (χ1) is 12.5. The monoisotopic (exact) mass is 347 g/mol. The highest BCUT2D eigenvalue weighted by molar-refractivity contribution is 6.13. The van der Waals surface area contributed by atoms with Crippen molar-refractivity contribution >= 4 is 17.6 Å². The molecule has 26 heavy (non-hydrogen) atoms. The van der Waals surface area contributed by atoms with Gasteiger partial charge in [-0.25, -0.2) is 9.18 Å². The molecule has 2 aliphatic rings. The molecule has 0 aromatic heterocycles. The highest BCUT2D eigenvalue weighted by Gasteiger charge is 2.64. The molecule has 0 unspecified atom stereocenters. The molecular weight excluding hydrogens is 333 g/mol. The van der Waals surface area contributed by atoms with Crippen LogP contribution < -0.4 is 4.90 Å². The second kappa shape index (κ2) is 5.57. The Morgan fingerprint density at radius 3 is 2.65 bits per heavy atom. The average molecular weight is 347 g/mol. The third-order valence-electron chi connectivity index (χ3n) is 4.87. The maximum absolute atomic E-state index is 14.0. The quantitative estimate of drug-likeness (QED) is 0.477. The average Bonchev–Trinajstić information content (AvgIpc) is 3.03. The van der Waals surface area contributed by atoms with Crippen LogP contribution in [0.4, 0.5) is 10.1 Å².